The number of hydrogen-bond acceptors (Lipinski definition) is 3. The molecule has 1 N–H and O–H groups in total. The van der Waals surface area contributed by atoms with E-state index in [4.69, 9.17) is 4.74 Å². The van der Waals surface area contributed by atoms with E-state index in [1.807, 2.05) is 43.0 Å². The first-order valence-corrected chi connectivity index (χ1v) is 7.32. The SMILES string of the molecule is Cc1cccc(OCC(C(=O)O)C2CCSC2)c1. The van der Waals surface area contributed by atoms with Gasteiger partial charge in [-0.2, -0.15) is 11.8 Å². The summed E-state index contributed by atoms with van der Waals surface area (Å²) < 4.78 is 5.63. The van der Waals surface area contributed by atoms with Gasteiger partial charge in [0.2, 0.25) is 0 Å². The largest absolute Gasteiger partial charge is 0.493 e. The molecule has 0 radical (unpaired) electrons. The zero-order valence-corrected chi connectivity index (χ0v) is 11.3. The van der Waals surface area contributed by atoms with Crippen LogP contribution < -0.4 is 4.74 Å². The number of carbonyl (C=O) groups is 1. The summed E-state index contributed by atoms with van der Waals surface area (Å²) in [5.74, 6) is 1.88. The highest BCUT2D eigenvalue weighted by molar-refractivity contribution is 7.99. The highest BCUT2D eigenvalue weighted by Gasteiger charge is 2.31. The molecule has 3 nitrogen and oxygen atoms in total. The van der Waals surface area contributed by atoms with E-state index in [1.165, 1.54) is 0 Å². The molecule has 1 aliphatic rings. The second kappa shape index (κ2) is 6.14. The van der Waals surface area contributed by atoms with Crippen LogP contribution in [0.1, 0.15) is 12.0 Å². The molecule has 2 atom stereocenters. The number of aryl methyl sites for hydroxylation is 1. The quantitative estimate of drug-likeness (QED) is 0.890. The number of aliphatic carboxylic acids is 1. The third-order valence-corrected chi connectivity index (χ3v) is 4.46. The maximum atomic E-state index is 11.3. The number of rotatable bonds is 5. The zero-order chi connectivity index (χ0) is 13.0. The Hall–Kier alpha value is -1.16. The monoisotopic (exact) mass is 266 g/mol. The smallest absolute Gasteiger partial charge is 0.310 e. The minimum Gasteiger partial charge on any atom is -0.493 e. The standard InChI is InChI=1S/C14H18O3S/c1-10-3-2-4-12(7-10)17-8-13(14(15)16)11-5-6-18-9-11/h2-4,7,11,13H,5-6,8-9H2,1H3,(H,15,16). The molecule has 98 valence electrons. The van der Waals surface area contributed by atoms with E-state index in [-0.39, 0.29) is 18.4 Å². The number of carboxylic acid groups (broad SMARTS) is 1. The molecule has 1 aromatic carbocycles. The number of carboxylic acids is 1. The van der Waals surface area contributed by atoms with Crippen molar-refractivity contribution in [3.63, 3.8) is 0 Å². The van der Waals surface area contributed by atoms with E-state index in [0.717, 1.165) is 29.2 Å². The normalized spacial score (nSPS) is 20.6. The van der Waals surface area contributed by atoms with E-state index in [2.05, 4.69) is 0 Å². The first-order valence-electron chi connectivity index (χ1n) is 6.17. The van der Waals surface area contributed by atoms with Gasteiger partial charge in [-0.1, -0.05) is 12.1 Å². The molecular formula is C14H18O3S. The summed E-state index contributed by atoms with van der Waals surface area (Å²) >= 11 is 1.83. The van der Waals surface area contributed by atoms with Gasteiger partial charge in [-0.05, 0) is 48.5 Å². The van der Waals surface area contributed by atoms with Crippen LogP contribution in [-0.2, 0) is 4.79 Å². The lowest BCUT2D eigenvalue weighted by Gasteiger charge is -2.19. The third-order valence-electron chi connectivity index (χ3n) is 3.27. The van der Waals surface area contributed by atoms with Crippen molar-refractivity contribution in [2.24, 2.45) is 11.8 Å². The van der Waals surface area contributed by atoms with Crippen LogP contribution in [0.3, 0.4) is 0 Å². The molecule has 0 spiro atoms. The lowest BCUT2D eigenvalue weighted by Crippen LogP contribution is -2.29. The van der Waals surface area contributed by atoms with Crippen molar-refractivity contribution >= 4 is 17.7 Å². The summed E-state index contributed by atoms with van der Waals surface area (Å²) in [5.41, 5.74) is 1.12. The molecule has 1 heterocycles. The van der Waals surface area contributed by atoms with Crippen LogP contribution in [-0.4, -0.2) is 29.2 Å². The predicted octanol–water partition coefficient (Wildman–Crippen LogP) is 2.83. The van der Waals surface area contributed by atoms with Crippen LogP contribution in [0.4, 0.5) is 0 Å². The summed E-state index contributed by atoms with van der Waals surface area (Å²) in [4.78, 5) is 11.3. The van der Waals surface area contributed by atoms with Crippen molar-refractivity contribution in [2.75, 3.05) is 18.1 Å². The highest BCUT2D eigenvalue weighted by Crippen LogP contribution is 2.30. The molecule has 1 fully saturated rings. The Kier molecular flexibility index (Phi) is 4.53. The van der Waals surface area contributed by atoms with Crippen LogP contribution in [0.5, 0.6) is 5.75 Å². The fourth-order valence-electron chi connectivity index (χ4n) is 2.17. The second-order valence-corrected chi connectivity index (χ2v) is 5.85. The minimum absolute atomic E-state index is 0.248. The molecule has 2 unspecified atom stereocenters. The zero-order valence-electron chi connectivity index (χ0n) is 10.5. The average Bonchev–Trinajstić information content (AvgIpc) is 2.82. The van der Waals surface area contributed by atoms with E-state index >= 15 is 0 Å². The van der Waals surface area contributed by atoms with Crippen molar-refractivity contribution in [1.82, 2.24) is 0 Å². The molecule has 0 amide bonds. The van der Waals surface area contributed by atoms with E-state index in [9.17, 15) is 9.90 Å². The number of benzene rings is 1. The van der Waals surface area contributed by atoms with Crippen LogP contribution in [0, 0.1) is 18.8 Å². The van der Waals surface area contributed by atoms with E-state index < -0.39 is 5.97 Å². The molecular weight excluding hydrogens is 248 g/mol. The summed E-state index contributed by atoms with van der Waals surface area (Å²) in [5, 5.41) is 9.28. The van der Waals surface area contributed by atoms with Gasteiger partial charge < -0.3 is 9.84 Å². The third kappa shape index (κ3) is 3.42. The predicted molar refractivity (Wildman–Crippen MR) is 73.2 cm³/mol. The van der Waals surface area contributed by atoms with Crippen molar-refractivity contribution in [3.05, 3.63) is 29.8 Å². The molecule has 1 aliphatic heterocycles. The van der Waals surface area contributed by atoms with Crippen molar-refractivity contribution in [3.8, 4) is 5.75 Å². The number of ether oxygens (including phenoxy) is 1. The number of thioether (sulfide) groups is 1. The van der Waals surface area contributed by atoms with Gasteiger partial charge in [0.1, 0.15) is 12.4 Å². The van der Waals surface area contributed by atoms with Gasteiger partial charge in [-0.25, -0.2) is 0 Å². The summed E-state index contributed by atoms with van der Waals surface area (Å²) in [6.45, 7) is 2.26. The van der Waals surface area contributed by atoms with Gasteiger partial charge in [0, 0.05) is 0 Å². The van der Waals surface area contributed by atoms with Crippen molar-refractivity contribution in [2.45, 2.75) is 13.3 Å². The molecule has 4 heteroatoms. The first-order chi connectivity index (χ1) is 8.66. The average molecular weight is 266 g/mol. The lowest BCUT2D eigenvalue weighted by atomic mass is 9.93. The van der Waals surface area contributed by atoms with Gasteiger partial charge in [-0.15, -0.1) is 0 Å². The second-order valence-electron chi connectivity index (χ2n) is 4.70. The summed E-state index contributed by atoms with van der Waals surface area (Å²) in [6.07, 6.45) is 0.985. The van der Waals surface area contributed by atoms with Gasteiger partial charge in [0.15, 0.2) is 0 Å². The lowest BCUT2D eigenvalue weighted by molar-refractivity contribution is -0.144. The maximum Gasteiger partial charge on any atom is 0.310 e. The van der Waals surface area contributed by atoms with Crippen molar-refractivity contribution < 1.29 is 14.6 Å². The molecule has 2 rings (SSSR count). The van der Waals surface area contributed by atoms with Gasteiger partial charge in [0.25, 0.3) is 0 Å². The van der Waals surface area contributed by atoms with Gasteiger partial charge in [-0.3, -0.25) is 4.79 Å². The molecule has 0 bridgehead atoms. The Morgan fingerprint density at radius 3 is 3.06 bits per heavy atom. The Morgan fingerprint density at radius 2 is 2.44 bits per heavy atom. The Bertz CT molecular complexity index is 413. The van der Waals surface area contributed by atoms with E-state index in [1.54, 1.807) is 0 Å². The fraction of sp³-hybridized carbons (Fsp3) is 0.500. The Morgan fingerprint density at radius 1 is 1.61 bits per heavy atom. The highest BCUT2D eigenvalue weighted by atomic mass is 32.2. The molecule has 0 aliphatic carbocycles. The summed E-state index contributed by atoms with van der Waals surface area (Å²) in [6, 6.07) is 7.72. The minimum atomic E-state index is -0.741. The summed E-state index contributed by atoms with van der Waals surface area (Å²) in [7, 11) is 0. The fourth-order valence-corrected chi connectivity index (χ4v) is 3.51. The molecule has 1 saturated heterocycles. The molecule has 1 aromatic rings. The first kappa shape index (κ1) is 13.3. The maximum absolute atomic E-state index is 11.3. The van der Waals surface area contributed by atoms with Gasteiger partial charge in [0.05, 0.1) is 5.92 Å². The van der Waals surface area contributed by atoms with Crippen LogP contribution in [0.15, 0.2) is 24.3 Å². The topological polar surface area (TPSA) is 46.5 Å². The Labute approximate surface area is 112 Å². The van der Waals surface area contributed by atoms with Crippen molar-refractivity contribution in [1.29, 1.82) is 0 Å². The van der Waals surface area contributed by atoms with E-state index in [0.29, 0.717) is 0 Å². The Balaban J connectivity index is 1.95. The van der Waals surface area contributed by atoms with Crippen LogP contribution in [0.2, 0.25) is 0 Å². The number of hydrogen-bond donors (Lipinski definition) is 1. The van der Waals surface area contributed by atoms with Crippen LogP contribution in [0.25, 0.3) is 0 Å². The van der Waals surface area contributed by atoms with Crippen LogP contribution >= 0.6 is 11.8 Å². The van der Waals surface area contributed by atoms with Gasteiger partial charge >= 0.3 is 5.97 Å². The molecule has 0 saturated carbocycles. The molecule has 0 aromatic heterocycles. The molecule has 18 heavy (non-hydrogen) atoms.